The minimum Gasteiger partial charge on any atom is -0.481 e. The van der Waals surface area contributed by atoms with Crippen molar-refractivity contribution in [2.45, 2.75) is 52.2 Å². The van der Waals surface area contributed by atoms with Gasteiger partial charge in [-0.3, -0.25) is 4.79 Å². The molecule has 4 nitrogen and oxygen atoms in total. The molecule has 0 aliphatic carbocycles. The van der Waals surface area contributed by atoms with Crippen LogP contribution in [0.2, 0.25) is 0 Å². The fourth-order valence-electron chi connectivity index (χ4n) is 1.84. The first-order valence-electron chi connectivity index (χ1n) is 7.13. The second-order valence-corrected chi connectivity index (χ2v) is 5.23. The highest BCUT2D eigenvalue weighted by Crippen LogP contribution is 2.15. The number of hydrogen-bond acceptors (Lipinski definition) is 3. The van der Waals surface area contributed by atoms with Gasteiger partial charge in [0.05, 0.1) is 5.60 Å². The van der Waals surface area contributed by atoms with E-state index >= 15 is 0 Å². The van der Waals surface area contributed by atoms with Crippen molar-refractivity contribution in [1.82, 2.24) is 5.32 Å². The lowest BCUT2D eigenvalue weighted by Gasteiger charge is -2.26. The van der Waals surface area contributed by atoms with E-state index in [1.165, 1.54) is 0 Å². The first-order valence-corrected chi connectivity index (χ1v) is 7.13. The van der Waals surface area contributed by atoms with E-state index in [-0.39, 0.29) is 12.5 Å². The molecule has 0 fully saturated rings. The molecule has 1 atom stereocenters. The minimum absolute atomic E-state index is 0.216. The Morgan fingerprint density at radius 3 is 2.60 bits per heavy atom. The smallest absolute Gasteiger partial charge is 0.260 e. The predicted octanol–water partition coefficient (Wildman–Crippen LogP) is 2.43. The molecule has 4 heteroatoms. The summed E-state index contributed by atoms with van der Waals surface area (Å²) in [6, 6.07) is 7.58. The van der Waals surface area contributed by atoms with E-state index in [1.807, 2.05) is 45.0 Å². The van der Waals surface area contributed by atoms with Crippen molar-refractivity contribution >= 4 is 5.91 Å². The number of hydrogen-bond donors (Lipinski definition) is 2. The van der Waals surface area contributed by atoms with Crippen LogP contribution < -0.4 is 10.1 Å². The third-order valence-electron chi connectivity index (χ3n) is 3.58. The summed E-state index contributed by atoms with van der Waals surface area (Å²) in [4.78, 5) is 12.0. The molecule has 112 valence electrons. The first-order chi connectivity index (χ1) is 9.40. The van der Waals surface area contributed by atoms with Crippen LogP contribution in [0.3, 0.4) is 0 Å². The van der Waals surface area contributed by atoms with Gasteiger partial charge in [-0.25, -0.2) is 0 Å². The van der Waals surface area contributed by atoms with E-state index in [1.54, 1.807) is 6.92 Å². The van der Waals surface area contributed by atoms with Gasteiger partial charge in [0.1, 0.15) is 5.75 Å². The minimum atomic E-state index is -0.835. The van der Waals surface area contributed by atoms with E-state index in [2.05, 4.69) is 5.32 Å². The zero-order chi connectivity index (χ0) is 15.2. The number of ether oxygens (including phenoxy) is 1. The second kappa shape index (κ2) is 7.29. The maximum absolute atomic E-state index is 12.0. The molecule has 0 saturated carbocycles. The van der Waals surface area contributed by atoms with E-state index < -0.39 is 11.7 Å². The average molecular weight is 279 g/mol. The molecule has 0 spiro atoms. The monoisotopic (exact) mass is 279 g/mol. The van der Waals surface area contributed by atoms with Crippen molar-refractivity contribution in [1.29, 1.82) is 0 Å². The second-order valence-electron chi connectivity index (χ2n) is 5.23. The predicted molar refractivity (Wildman–Crippen MR) is 79.8 cm³/mol. The van der Waals surface area contributed by atoms with E-state index in [0.717, 1.165) is 5.56 Å². The van der Waals surface area contributed by atoms with Crippen LogP contribution in [0.5, 0.6) is 5.75 Å². The topological polar surface area (TPSA) is 58.6 Å². The molecule has 0 radical (unpaired) electrons. The summed E-state index contributed by atoms with van der Waals surface area (Å²) in [6.07, 6.45) is 0.628. The van der Waals surface area contributed by atoms with Crippen molar-refractivity contribution in [2.24, 2.45) is 0 Å². The highest BCUT2D eigenvalue weighted by atomic mass is 16.5. The van der Waals surface area contributed by atoms with Crippen molar-refractivity contribution in [3.05, 3.63) is 29.8 Å². The molecule has 0 saturated heterocycles. The van der Waals surface area contributed by atoms with E-state index in [9.17, 15) is 9.90 Å². The Labute approximate surface area is 121 Å². The van der Waals surface area contributed by atoms with E-state index in [4.69, 9.17) is 4.74 Å². The number of amides is 1. The fraction of sp³-hybridized carbons (Fsp3) is 0.562. The molecule has 1 unspecified atom stereocenters. The zero-order valence-electron chi connectivity index (χ0n) is 12.8. The summed E-state index contributed by atoms with van der Waals surface area (Å²) in [5.74, 6) is 0.459. The number of carbonyl (C=O) groups excluding carboxylic acids is 1. The molecular weight excluding hydrogens is 254 g/mol. The van der Waals surface area contributed by atoms with Gasteiger partial charge in [-0.15, -0.1) is 0 Å². The lowest BCUT2D eigenvalue weighted by atomic mass is 9.97. The summed E-state index contributed by atoms with van der Waals surface area (Å²) in [6.45, 7) is 7.74. The lowest BCUT2D eigenvalue weighted by Crippen LogP contribution is -2.46. The Morgan fingerprint density at radius 2 is 2.05 bits per heavy atom. The largest absolute Gasteiger partial charge is 0.481 e. The number of aliphatic hydroxyl groups is 1. The summed E-state index contributed by atoms with van der Waals surface area (Å²) >= 11 is 0. The van der Waals surface area contributed by atoms with Gasteiger partial charge in [0.2, 0.25) is 0 Å². The van der Waals surface area contributed by atoms with Crippen LogP contribution in [0.1, 0.15) is 39.2 Å². The van der Waals surface area contributed by atoms with Gasteiger partial charge in [-0.1, -0.05) is 26.0 Å². The highest BCUT2D eigenvalue weighted by molar-refractivity contribution is 5.80. The number of aryl methyl sites for hydroxylation is 1. The molecule has 1 amide bonds. The molecule has 1 aromatic carbocycles. The van der Waals surface area contributed by atoms with Crippen molar-refractivity contribution in [2.75, 3.05) is 6.54 Å². The van der Waals surface area contributed by atoms with Crippen molar-refractivity contribution in [3.63, 3.8) is 0 Å². The summed E-state index contributed by atoms with van der Waals surface area (Å²) in [5, 5.41) is 12.9. The van der Waals surface area contributed by atoms with Crippen LogP contribution in [-0.4, -0.2) is 29.3 Å². The Morgan fingerprint density at radius 1 is 1.40 bits per heavy atom. The van der Waals surface area contributed by atoms with Crippen LogP contribution in [0.25, 0.3) is 0 Å². The van der Waals surface area contributed by atoms with Gasteiger partial charge < -0.3 is 15.2 Å². The Bertz CT molecular complexity index is 441. The number of nitrogens with one attached hydrogen (secondary N) is 1. The summed E-state index contributed by atoms with van der Waals surface area (Å²) in [5.41, 5.74) is 0.250. The Hall–Kier alpha value is -1.55. The number of carbonyl (C=O) groups is 1. The summed E-state index contributed by atoms with van der Waals surface area (Å²) < 4.78 is 5.60. The number of rotatable bonds is 7. The van der Waals surface area contributed by atoms with Gasteiger partial charge in [0.25, 0.3) is 5.91 Å². The Balaban J connectivity index is 2.51. The van der Waals surface area contributed by atoms with Crippen molar-refractivity contribution < 1.29 is 14.6 Å². The van der Waals surface area contributed by atoms with Crippen LogP contribution in [0.4, 0.5) is 0 Å². The van der Waals surface area contributed by atoms with Crippen molar-refractivity contribution in [3.8, 4) is 5.75 Å². The Kier molecular flexibility index (Phi) is 6.02. The maximum atomic E-state index is 12.0. The third-order valence-corrected chi connectivity index (χ3v) is 3.58. The van der Waals surface area contributed by atoms with Gasteiger partial charge in [0, 0.05) is 6.54 Å². The van der Waals surface area contributed by atoms with Gasteiger partial charge >= 0.3 is 0 Å². The molecule has 0 aromatic heterocycles. The van der Waals surface area contributed by atoms with Crippen LogP contribution in [-0.2, 0) is 4.79 Å². The first kappa shape index (κ1) is 16.5. The highest BCUT2D eigenvalue weighted by Gasteiger charge is 2.24. The fourth-order valence-corrected chi connectivity index (χ4v) is 1.84. The molecule has 0 bridgehead atoms. The van der Waals surface area contributed by atoms with Crippen LogP contribution in [0, 0.1) is 6.92 Å². The number of benzene rings is 1. The molecular formula is C16H25NO3. The molecule has 2 N–H and O–H groups in total. The summed E-state index contributed by atoms with van der Waals surface area (Å²) in [7, 11) is 0. The van der Waals surface area contributed by atoms with Crippen LogP contribution >= 0.6 is 0 Å². The maximum Gasteiger partial charge on any atom is 0.260 e. The van der Waals surface area contributed by atoms with Crippen LogP contribution in [0.15, 0.2) is 24.3 Å². The molecule has 20 heavy (non-hydrogen) atoms. The SMILES string of the molecule is CCC(O)(CC)CNC(=O)C(C)Oc1cccc(C)c1. The normalized spacial score (nSPS) is 12.8. The molecule has 0 aliphatic rings. The molecule has 0 heterocycles. The zero-order valence-corrected chi connectivity index (χ0v) is 12.8. The third kappa shape index (κ3) is 4.85. The lowest BCUT2D eigenvalue weighted by molar-refractivity contribution is -0.128. The van der Waals surface area contributed by atoms with Gasteiger partial charge in [-0.2, -0.15) is 0 Å². The van der Waals surface area contributed by atoms with E-state index in [0.29, 0.717) is 18.6 Å². The quantitative estimate of drug-likeness (QED) is 0.806. The molecule has 1 aromatic rings. The molecule has 1 rings (SSSR count). The van der Waals surface area contributed by atoms with Gasteiger partial charge in [-0.05, 0) is 44.4 Å². The molecule has 0 aliphatic heterocycles. The van der Waals surface area contributed by atoms with Gasteiger partial charge in [0.15, 0.2) is 6.10 Å². The standard InChI is InChI=1S/C16H25NO3/c1-5-16(19,6-2)11-17-15(18)13(4)20-14-9-7-8-12(3)10-14/h7-10,13,19H,5-6,11H2,1-4H3,(H,17,18). The average Bonchev–Trinajstić information content (AvgIpc) is 2.44.